The van der Waals surface area contributed by atoms with E-state index in [4.69, 9.17) is 9.05 Å². The van der Waals surface area contributed by atoms with E-state index in [-0.39, 0.29) is 19.1 Å². The molecule has 0 saturated heterocycles. The molecule has 0 fully saturated rings. The summed E-state index contributed by atoms with van der Waals surface area (Å²) in [5.41, 5.74) is 0. The molecule has 0 rings (SSSR count). The lowest BCUT2D eigenvalue weighted by Crippen LogP contribution is -2.45. The molecule has 3 atom stereocenters. The number of quaternary nitrogens is 1. The number of phosphoric ester groups is 1. The number of likely N-dealkylation sites (N-methyl/N-ethyl adjacent to an activating group) is 1. The van der Waals surface area contributed by atoms with Gasteiger partial charge >= 0.3 is 0 Å². The van der Waals surface area contributed by atoms with Crippen LogP contribution in [0.2, 0.25) is 0 Å². The monoisotopic (exact) mass is 965 g/mol. The maximum Gasteiger partial charge on any atom is 0.268 e. The molecule has 0 aromatic carbocycles. The molecule has 8 nitrogen and oxygen atoms in total. The number of hydrogen-bond donors (Lipinski definition) is 2. The molecule has 0 saturated carbocycles. The molecule has 9 heteroatoms. The number of carbonyl (C=O) groups is 1. The first-order chi connectivity index (χ1) is 32.5. The Morgan fingerprint density at radius 3 is 1.24 bits per heavy atom. The van der Waals surface area contributed by atoms with Crippen molar-refractivity contribution in [2.75, 3.05) is 40.9 Å². The minimum atomic E-state index is -4.60. The van der Waals surface area contributed by atoms with E-state index in [9.17, 15) is 19.4 Å². The van der Waals surface area contributed by atoms with Crippen molar-refractivity contribution >= 4 is 13.7 Å². The van der Waals surface area contributed by atoms with Gasteiger partial charge < -0.3 is 28.8 Å². The van der Waals surface area contributed by atoms with Gasteiger partial charge in [-0.15, -0.1) is 0 Å². The van der Waals surface area contributed by atoms with Crippen LogP contribution in [0.4, 0.5) is 0 Å². The van der Waals surface area contributed by atoms with Gasteiger partial charge in [0.25, 0.3) is 7.82 Å². The topological polar surface area (TPSA) is 108 Å². The van der Waals surface area contributed by atoms with Gasteiger partial charge in [-0.1, -0.05) is 256 Å². The van der Waals surface area contributed by atoms with E-state index < -0.39 is 20.0 Å². The molecule has 0 aromatic rings. The Labute approximate surface area is 417 Å². The molecular formula is C58H113N2O6P. The Morgan fingerprint density at radius 1 is 0.522 bits per heavy atom. The zero-order valence-electron chi connectivity index (χ0n) is 45.1. The number of aliphatic hydroxyl groups excluding tert-OH is 1. The van der Waals surface area contributed by atoms with E-state index in [1.54, 1.807) is 6.08 Å². The third-order valence-corrected chi connectivity index (χ3v) is 14.1. The summed E-state index contributed by atoms with van der Waals surface area (Å²) in [4.78, 5) is 25.5. The first-order valence-electron chi connectivity index (χ1n) is 28.9. The molecule has 0 bridgehead atoms. The van der Waals surface area contributed by atoms with Crippen molar-refractivity contribution in [1.29, 1.82) is 0 Å². The van der Waals surface area contributed by atoms with Crippen molar-refractivity contribution in [3.8, 4) is 0 Å². The Kier molecular flexibility index (Phi) is 48.7. The number of hydrogen-bond acceptors (Lipinski definition) is 6. The Hall–Kier alpha value is -1.28. The Bertz CT molecular complexity index is 1190. The van der Waals surface area contributed by atoms with Gasteiger partial charge in [0.15, 0.2) is 0 Å². The van der Waals surface area contributed by atoms with Crippen molar-refractivity contribution in [2.45, 2.75) is 289 Å². The van der Waals surface area contributed by atoms with Crippen LogP contribution in [-0.2, 0) is 18.4 Å². The molecule has 1 amide bonds. The number of allylic oxidation sites excluding steroid dienone is 5. The van der Waals surface area contributed by atoms with Crippen LogP contribution in [0, 0.1) is 0 Å². The maximum absolute atomic E-state index is 13.0. The fourth-order valence-corrected chi connectivity index (χ4v) is 9.26. The highest BCUT2D eigenvalue weighted by molar-refractivity contribution is 7.45. The van der Waals surface area contributed by atoms with Crippen LogP contribution < -0.4 is 10.2 Å². The average molecular weight is 966 g/mol. The molecule has 0 aliphatic heterocycles. The van der Waals surface area contributed by atoms with Crippen molar-refractivity contribution in [3.05, 3.63) is 36.5 Å². The van der Waals surface area contributed by atoms with E-state index >= 15 is 0 Å². The largest absolute Gasteiger partial charge is 0.756 e. The van der Waals surface area contributed by atoms with Crippen molar-refractivity contribution in [3.63, 3.8) is 0 Å². The lowest BCUT2D eigenvalue weighted by atomic mass is 10.0. The second kappa shape index (κ2) is 49.7. The molecular weight excluding hydrogens is 852 g/mol. The summed E-state index contributed by atoms with van der Waals surface area (Å²) < 4.78 is 23.3. The van der Waals surface area contributed by atoms with E-state index in [1.807, 2.05) is 27.2 Å². The average Bonchev–Trinajstić information content (AvgIpc) is 3.29. The van der Waals surface area contributed by atoms with Gasteiger partial charge in [-0.05, 0) is 51.4 Å². The van der Waals surface area contributed by atoms with Gasteiger partial charge in [-0.25, -0.2) is 0 Å². The van der Waals surface area contributed by atoms with Crippen LogP contribution >= 0.6 is 7.82 Å². The predicted molar refractivity (Wildman–Crippen MR) is 288 cm³/mol. The van der Waals surface area contributed by atoms with Gasteiger partial charge in [0.05, 0.1) is 39.9 Å². The molecule has 0 spiro atoms. The summed E-state index contributed by atoms with van der Waals surface area (Å²) in [5, 5.41) is 13.9. The van der Waals surface area contributed by atoms with Crippen molar-refractivity contribution < 1.29 is 32.9 Å². The van der Waals surface area contributed by atoms with Gasteiger partial charge in [-0.3, -0.25) is 9.36 Å². The number of carbonyl (C=O) groups excluding carboxylic acids is 1. The number of aliphatic hydroxyl groups is 1. The molecule has 0 aromatic heterocycles. The number of phosphoric acid groups is 1. The third-order valence-electron chi connectivity index (χ3n) is 13.1. The standard InChI is InChI=1S/C58H113N2O6P/c1-6-8-10-12-14-16-18-20-22-24-26-27-28-29-30-31-32-33-34-36-38-40-42-44-46-48-50-52-58(62)59-56(55-66-67(63,64)65-54-53-60(3,4)5)57(61)51-49-47-45-43-41-39-37-35-25-23-21-19-17-15-13-11-9-7-2/h26-27,29-30,49,51,56-57,61H,6-25,28,31-48,50,52-55H2,1-5H3,(H-,59,62,63,64)/b27-26-,30-29-,51-49+. The van der Waals surface area contributed by atoms with Crippen LogP contribution in [0.25, 0.3) is 0 Å². The fraction of sp³-hybridized carbons (Fsp3) is 0.879. The lowest BCUT2D eigenvalue weighted by Gasteiger charge is -2.29. The predicted octanol–water partition coefficient (Wildman–Crippen LogP) is 16.7. The maximum atomic E-state index is 13.0. The third kappa shape index (κ3) is 52.4. The summed E-state index contributed by atoms with van der Waals surface area (Å²) in [6, 6.07) is -0.887. The number of amides is 1. The van der Waals surface area contributed by atoms with Gasteiger partial charge in [0.1, 0.15) is 13.2 Å². The molecule has 0 radical (unpaired) electrons. The molecule has 0 aliphatic carbocycles. The summed E-state index contributed by atoms with van der Waals surface area (Å²) in [5.74, 6) is -0.197. The highest BCUT2D eigenvalue weighted by Gasteiger charge is 2.23. The first kappa shape index (κ1) is 65.7. The smallest absolute Gasteiger partial charge is 0.268 e. The first-order valence-corrected chi connectivity index (χ1v) is 30.3. The number of nitrogens with one attached hydrogen (secondary N) is 1. The highest BCUT2D eigenvalue weighted by atomic mass is 31.2. The van der Waals surface area contributed by atoms with Gasteiger partial charge in [0, 0.05) is 6.42 Å². The summed E-state index contributed by atoms with van der Waals surface area (Å²) in [6.45, 7) is 4.68. The number of unbranched alkanes of at least 4 members (excludes halogenated alkanes) is 36. The van der Waals surface area contributed by atoms with E-state index in [0.717, 1.165) is 44.9 Å². The summed E-state index contributed by atoms with van der Waals surface area (Å²) >= 11 is 0. The second-order valence-corrected chi connectivity index (χ2v) is 22.4. The molecule has 0 heterocycles. The fourth-order valence-electron chi connectivity index (χ4n) is 8.54. The van der Waals surface area contributed by atoms with E-state index in [0.29, 0.717) is 17.4 Å². The number of nitrogens with zero attached hydrogens (tertiary/aromatic N) is 1. The Morgan fingerprint density at radius 2 is 0.866 bits per heavy atom. The lowest BCUT2D eigenvalue weighted by molar-refractivity contribution is -0.870. The van der Waals surface area contributed by atoms with Crippen LogP contribution in [0.3, 0.4) is 0 Å². The van der Waals surface area contributed by atoms with Crippen LogP contribution in [0.15, 0.2) is 36.5 Å². The SMILES string of the molecule is CCCCCCCCCCC/C=C\C/C=C\CCCCCCCCCCCCCC(=O)NC(COP(=O)([O-])OCC[N+](C)(C)C)C(O)/C=C/CCCCCCCCCCCCCCCCCC. The second-order valence-electron chi connectivity index (χ2n) is 21.0. The molecule has 0 aliphatic rings. The molecule has 396 valence electrons. The van der Waals surface area contributed by atoms with Gasteiger partial charge in [0.2, 0.25) is 5.91 Å². The van der Waals surface area contributed by atoms with Crippen molar-refractivity contribution in [1.82, 2.24) is 5.32 Å². The van der Waals surface area contributed by atoms with E-state index in [2.05, 4.69) is 43.5 Å². The van der Waals surface area contributed by atoms with Crippen LogP contribution in [0.1, 0.15) is 277 Å². The molecule has 3 unspecified atom stereocenters. The van der Waals surface area contributed by atoms with Crippen LogP contribution in [0.5, 0.6) is 0 Å². The normalized spacial score (nSPS) is 14.2. The highest BCUT2D eigenvalue weighted by Crippen LogP contribution is 2.38. The quantitative estimate of drug-likeness (QED) is 0.0272. The number of rotatable bonds is 53. The van der Waals surface area contributed by atoms with Crippen molar-refractivity contribution in [2.24, 2.45) is 0 Å². The van der Waals surface area contributed by atoms with Crippen LogP contribution in [-0.4, -0.2) is 68.5 Å². The molecule has 67 heavy (non-hydrogen) atoms. The Balaban J connectivity index is 4.18. The van der Waals surface area contributed by atoms with Gasteiger partial charge in [-0.2, -0.15) is 0 Å². The minimum absolute atomic E-state index is 0.000839. The minimum Gasteiger partial charge on any atom is -0.756 e. The summed E-state index contributed by atoms with van der Waals surface area (Å²) in [7, 11) is 1.27. The zero-order chi connectivity index (χ0) is 49.2. The van der Waals surface area contributed by atoms with E-state index in [1.165, 1.54) is 212 Å². The summed E-state index contributed by atoms with van der Waals surface area (Å²) in [6.07, 6.45) is 63.6. The zero-order valence-corrected chi connectivity index (χ0v) is 46.0. The molecule has 2 N–H and O–H groups in total.